The summed E-state index contributed by atoms with van der Waals surface area (Å²) in [7, 11) is 0. The van der Waals surface area contributed by atoms with E-state index in [1.54, 1.807) is 0 Å². The lowest BCUT2D eigenvalue weighted by molar-refractivity contribution is 0.364. The number of hydrogen-bond acceptors (Lipinski definition) is 4. The van der Waals surface area contributed by atoms with E-state index >= 15 is 0 Å². The highest BCUT2D eigenvalue weighted by Crippen LogP contribution is 2.17. The lowest BCUT2D eigenvalue weighted by atomic mass is 10.1. The molecule has 4 heteroatoms. The van der Waals surface area contributed by atoms with Crippen LogP contribution in [0.1, 0.15) is 18.7 Å². The number of hydrogen-bond donors (Lipinski definition) is 1. The van der Waals surface area contributed by atoms with Gasteiger partial charge in [-0.2, -0.15) is 4.98 Å². The highest BCUT2D eigenvalue weighted by molar-refractivity contribution is 5.53. The Kier molecular flexibility index (Phi) is 2.88. The molecule has 1 aliphatic rings. The van der Waals surface area contributed by atoms with Gasteiger partial charge in [0.15, 0.2) is 0 Å². The minimum atomic E-state index is 0.499. The number of aromatic nitrogens is 2. The van der Waals surface area contributed by atoms with Gasteiger partial charge in [-0.15, -0.1) is 0 Å². The maximum Gasteiger partial charge on any atom is 0.228 e. The Morgan fingerprint density at radius 3 is 2.94 bits per heavy atom. The largest absolute Gasteiger partial charge is 0.339 e. The summed E-state index contributed by atoms with van der Waals surface area (Å²) >= 11 is 0. The average molecular weight is 229 g/mol. The van der Waals surface area contributed by atoms with Gasteiger partial charge < -0.3 is 9.84 Å². The predicted molar refractivity (Wildman–Crippen MR) is 64.5 cm³/mol. The van der Waals surface area contributed by atoms with Gasteiger partial charge in [-0.25, -0.2) is 0 Å². The highest BCUT2D eigenvalue weighted by atomic mass is 16.5. The number of benzene rings is 1. The van der Waals surface area contributed by atoms with Crippen LogP contribution in [0.25, 0.3) is 11.4 Å². The van der Waals surface area contributed by atoms with Crippen molar-refractivity contribution in [2.24, 2.45) is 0 Å². The zero-order valence-electron chi connectivity index (χ0n) is 9.60. The first-order valence-electron chi connectivity index (χ1n) is 6.03. The highest BCUT2D eigenvalue weighted by Gasteiger charge is 2.18. The van der Waals surface area contributed by atoms with Crippen LogP contribution in [0, 0.1) is 0 Å². The maximum absolute atomic E-state index is 5.28. The van der Waals surface area contributed by atoms with Gasteiger partial charge in [-0.05, 0) is 19.4 Å². The predicted octanol–water partition coefficient (Wildman–Crippen LogP) is 2.03. The molecule has 17 heavy (non-hydrogen) atoms. The summed E-state index contributed by atoms with van der Waals surface area (Å²) in [4.78, 5) is 4.43. The van der Waals surface area contributed by atoms with Gasteiger partial charge in [0.25, 0.3) is 0 Å². The minimum Gasteiger partial charge on any atom is -0.339 e. The second kappa shape index (κ2) is 4.67. The molecule has 1 unspecified atom stereocenters. The molecular formula is C13H15N3O. The molecule has 4 nitrogen and oxygen atoms in total. The summed E-state index contributed by atoms with van der Waals surface area (Å²) in [6.07, 6.45) is 3.27. The molecule has 1 fully saturated rings. The Labute approximate surface area is 100 Å². The Balaban J connectivity index is 1.74. The first-order chi connectivity index (χ1) is 8.42. The molecule has 0 bridgehead atoms. The lowest BCUT2D eigenvalue weighted by Crippen LogP contribution is -2.23. The quantitative estimate of drug-likeness (QED) is 0.875. The summed E-state index contributed by atoms with van der Waals surface area (Å²) < 4.78 is 5.28. The third-order valence-electron chi connectivity index (χ3n) is 3.08. The molecule has 0 aliphatic carbocycles. The van der Waals surface area contributed by atoms with Gasteiger partial charge in [0.2, 0.25) is 11.7 Å². The molecule has 1 N–H and O–H groups in total. The van der Waals surface area contributed by atoms with Gasteiger partial charge in [0.05, 0.1) is 0 Å². The van der Waals surface area contributed by atoms with Gasteiger partial charge in [0, 0.05) is 18.0 Å². The van der Waals surface area contributed by atoms with Crippen molar-refractivity contribution >= 4 is 0 Å². The number of nitrogens with zero attached hydrogens (tertiary/aromatic N) is 2. The van der Waals surface area contributed by atoms with Crippen LogP contribution in [-0.2, 0) is 6.42 Å². The molecule has 1 atom stereocenters. The molecule has 1 saturated heterocycles. The van der Waals surface area contributed by atoms with Crippen molar-refractivity contribution in [2.45, 2.75) is 25.3 Å². The van der Waals surface area contributed by atoms with Gasteiger partial charge in [-0.1, -0.05) is 35.5 Å². The topological polar surface area (TPSA) is 51.0 Å². The van der Waals surface area contributed by atoms with E-state index in [-0.39, 0.29) is 0 Å². The van der Waals surface area contributed by atoms with Crippen LogP contribution in [0.3, 0.4) is 0 Å². The second-order valence-corrected chi connectivity index (χ2v) is 4.38. The van der Waals surface area contributed by atoms with Crippen molar-refractivity contribution in [1.29, 1.82) is 0 Å². The molecule has 0 spiro atoms. The number of nitrogens with one attached hydrogen (secondary N) is 1. The Hall–Kier alpha value is -1.68. The Morgan fingerprint density at radius 2 is 2.18 bits per heavy atom. The maximum atomic E-state index is 5.28. The third kappa shape index (κ3) is 2.36. The third-order valence-corrected chi connectivity index (χ3v) is 3.08. The van der Waals surface area contributed by atoms with Gasteiger partial charge >= 0.3 is 0 Å². The normalized spacial score (nSPS) is 19.6. The Bertz CT molecular complexity index is 474. The van der Waals surface area contributed by atoms with Crippen LogP contribution in [0.15, 0.2) is 34.9 Å². The smallest absolute Gasteiger partial charge is 0.228 e. The SMILES string of the molecule is c1ccc(-c2noc(CC3CCCN3)n2)cc1. The number of rotatable bonds is 3. The second-order valence-electron chi connectivity index (χ2n) is 4.38. The molecule has 0 saturated carbocycles. The fourth-order valence-electron chi connectivity index (χ4n) is 2.18. The van der Waals surface area contributed by atoms with Crippen LogP contribution in [0.2, 0.25) is 0 Å². The van der Waals surface area contributed by atoms with Crippen LogP contribution >= 0.6 is 0 Å². The summed E-state index contributed by atoms with van der Waals surface area (Å²) in [6, 6.07) is 10.4. The fraction of sp³-hybridized carbons (Fsp3) is 0.385. The van der Waals surface area contributed by atoms with Crippen LogP contribution in [0.4, 0.5) is 0 Å². The monoisotopic (exact) mass is 229 g/mol. The summed E-state index contributed by atoms with van der Waals surface area (Å²) in [5.41, 5.74) is 1.00. The van der Waals surface area contributed by atoms with Crippen molar-refractivity contribution < 1.29 is 4.52 Å². The van der Waals surface area contributed by atoms with Gasteiger partial charge in [0.1, 0.15) is 0 Å². The van der Waals surface area contributed by atoms with E-state index in [1.807, 2.05) is 30.3 Å². The first-order valence-corrected chi connectivity index (χ1v) is 6.03. The summed E-state index contributed by atoms with van der Waals surface area (Å²) in [5.74, 6) is 1.40. The van der Waals surface area contributed by atoms with Crippen molar-refractivity contribution in [3.8, 4) is 11.4 Å². The minimum absolute atomic E-state index is 0.499. The molecule has 1 aromatic heterocycles. The van der Waals surface area contributed by atoms with Crippen molar-refractivity contribution in [3.63, 3.8) is 0 Å². The molecule has 0 radical (unpaired) electrons. The molecule has 2 aromatic rings. The zero-order valence-corrected chi connectivity index (χ0v) is 9.60. The fourth-order valence-corrected chi connectivity index (χ4v) is 2.18. The van der Waals surface area contributed by atoms with E-state index in [0.29, 0.717) is 11.9 Å². The van der Waals surface area contributed by atoms with Crippen LogP contribution < -0.4 is 5.32 Å². The summed E-state index contributed by atoms with van der Waals surface area (Å²) in [5, 5.41) is 7.44. The molecule has 2 heterocycles. The molecular weight excluding hydrogens is 214 g/mol. The Morgan fingerprint density at radius 1 is 1.29 bits per heavy atom. The van der Waals surface area contributed by atoms with E-state index in [0.717, 1.165) is 24.4 Å². The van der Waals surface area contributed by atoms with Crippen molar-refractivity contribution in [2.75, 3.05) is 6.54 Å². The summed E-state index contributed by atoms with van der Waals surface area (Å²) in [6.45, 7) is 1.10. The average Bonchev–Trinajstić information content (AvgIpc) is 3.02. The standard InChI is InChI=1S/C13H15N3O/c1-2-5-10(6-3-1)13-15-12(17-16-13)9-11-7-4-8-14-11/h1-3,5-6,11,14H,4,7-9H2. The first kappa shape index (κ1) is 10.5. The van der Waals surface area contributed by atoms with E-state index in [9.17, 15) is 0 Å². The zero-order chi connectivity index (χ0) is 11.5. The lowest BCUT2D eigenvalue weighted by Gasteiger charge is -2.04. The molecule has 1 aromatic carbocycles. The van der Waals surface area contributed by atoms with Crippen LogP contribution in [0.5, 0.6) is 0 Å². The molecule has 3 rings (SSSR count). The van der Waals surface area contributed by atoms with E-state index in [4.69, 9.17) is 4.52 Å². The van der Waals surface area contributed by atoms with Crippen molar-refractivity contribution in [1.82, 2.24) is 15.5 Å². The van der Waals surface area contributed by atoms with Gasteiger partial charge in [-0.3, -0.25) is 0 Å². The molecule has 88 valence electrons. The van der Waals surface area contributed by atoms with Crippen LogP contribution in [-0.4, -0.2) is 22.7 Å². The molecule has 0 amide bonds. The molecule has 1 aliphatic heterocycles. The van der Waals surface area contributed by atoms with E-state index in [2.05, 4.69) is 15.5 Å². The van der Waals surface area contributed by atoms with E-state index in [1.165, 1.54) is 12.8 Å². The van der Waals surface area contributed by atoms with Crippen molar-refractivity contribution in [3.05, 3.63) is 36.2 Å². The van der Waals surface area contributed by atoms with E-state index < -0.39 is 0 Å².